The van der Waals surface area contributed by atoms with Crippen molar-refractivity contribution in [2.24, 2.45) is 0 Å². The minimum atomic E-state index is -0.508. The molecule has 578 valence electrons. The lowest BCUT2D eigenvalue weighted by Gasteiger charge is -2.21. The predicted octanol–water partition coefficient (Wildman–Crippen LogP) is 22.1. The van der Waals surface area contributed by atoms with E-state index in [1.807, 2.05) is 74.3 Å². The number of oxazole rings is 1. The Labute approximate surface area is 637 Å². The number of nitrogens with one attached hydrogen (secondary N) is 5. The smallest absolute Gasteiger partial charge is 0.413 e. The van der Waals surface area contributed by atoms with Crippen LogP contribution in [0.2, 0.25) is 0 Å². The number of carbonyl (C=O) groups is 1. The molecule has 0 saturated heterocycles. The number of amides is 1. The number of hydrogen-bond donors (Lipinski definition) is 6. The Kier molecular flexibility index (Phi) is 35.0. The summed E-state index contributed by atoms with van der Waals surface area (Å²) in [5, 5.41) is 37.5. The number of thiazole rings is 3. The molecular formula is C79H134N16O4S4. The Morgan fingerprint density at radius 2 is 1.07 bits per heavy atom. The molecule has 20 nitrogen and oxygen atoms in total. The molecule has 1 aliphatic rings. The first-order valence-electron chi connectivity index (χ1n) is 35.8. The normalized spacial score (nSPS) is 12.7. The molecule has 1 aliphatic carbocycles. The summed E-state index contributed by atoms with van der Waals surface area (Å²) in [7, 11) is 1.64. The lowest BCUT2D eigenvalue weighted by Crippen LogP contribution is -2.27. The van der Waals surface area contributed by atoms with Crippen LogP contribution in [0.15, 0.2) is 70.1 Å². The van der Waals surface area contributed by atoms with Gasteiger partial charge in [-0.3, -0.25) is 10.00 Å². The molecule has 8 heterocycles. The molecule has 0 spiro atoms. The number of pyridine rings is 2. The van der Waals surface area contributed by atoms with E-state index >= 15 is 0 Å². The molecule has 1 fully saturated rings. The van der Waals surface area contributed by atoms with E-state index in [0.717, 1.165) is 54.8 Å². The van der Waals surface area contributed by atoms with Crippen LogP contribution in [-0.2, 0) is 48.2 Å². The second kappa shape index (κ2) is 39.0. The molecule has 8 aromatic rings. The highest BCUT2D eigenvalue weighted by molar-refractivity contribution is 7.15. The monoisotopic (exact) mass is 1500 g/mol. The third kappa shape index (κ3) is 37.7. The number of hydrogen-bond acceptors (Lipinski definition) is 22. The van der Waals surface area contributed by atoms with E-state index < -0.39 is 11.7 Å². The topological polar surface area (TPSA) is 256 Å². The third-order valence-corrected chi connectivity index (χ3v) is 18.0. The summed E-state index contributed by atoms with van der Waals surface area (Å²) >= 11 is 6.67. The summed E-state index contributed by atoms with van der Waals surface area (Å²) in [5.74, 6) is 2.05. The first-order chi connectivity index (χ1) is 46.8. The summed E-state index contributed by atoms with van der Waals surface area (Å²) in [6, 6.07) is 15.9. The van der Waals surface area contributed by atoms with Gasteiger partial charge in [0.05, 0.1) is 34.7 Å². The number of methoxy groups -OCH3 is 1. The van der Waals surface area contributed by atoms with Gasteiger partial charge in [0, 0.05) is 107 Å². The highest BCUT2D eigenvalue weighted by atomic mass is 32.1. The fraction of sp³-hybridized carbons (Fsp3) is 0.646. The van der Waals surface area contributed by atoms with Gasteiger partial charge in [0.25, 0.3) is 11.2 Å². The van der Waals surface area contributed by atoms with Crippen molar-refractivity contribution < 1.29 is 18.7 Å². The molecule has 0 bridgehead atoms. The molecule has 103 heavy (non-hydrogen) atoms. The highest BCUT2D eigenvalue weighted by Crippen LogP contribution is 2.34. The summed E-state index contributed by atoms with van der Waals surface area (Å²) in [6.45, 7) is 73.7. The Bertz CT molecular complexity index is 3600. The van der Waals surface area contributed by atoms with Gasteiger partial charge in [0.1, 0.15) is 34.3 Å². The number of rotatable bonds is 10. The molecule has 0 unspecified atom stereocenters. The lowest BCUT2D eigenvalue weighted by atomic mass is 9.92. The number of aryl methyl sites for hydroxylation is 2. The number of carbonyl (C=O) groups excluding carboxylic acids is 1. The quantitative estimate of drug-likeness (QED) is 0.0744. The Morgan fingerprint density at radius 3 is 1.44 bits per heavy atom. The molecule has 9 rings (SSSR count). The van der Waals surface area contributed by atoms with E-state index in [1.54, 1.807) is 70.9 Å². The van der Waals surface area contributed by atoms with Gasteiger partial charge in [0.15, 0.2) is 5.13 Å². The van der Waals surface area contributed by atoms with Crippen LogP contribution in [0.4, 0.5) is 38.5 Å². The SMILES string of the molecule is CC(C)(C)OC(=O)Nc1cccc(C(C)(C)C)n1.CC(C)(C)c1cccc(N)n1.CC(C)(C)c1coc(NC2CC2)n1.CC(C)Nc1ccn(C(C)(C)C)n1.CC(C)Nc1nnc(C(C)(C)C)s1.COc1nc(C(C)(C)C)cs1.Cc1csc(C(C)(C)C)n1.Cc1sc(NC(C)C)nc1C(C)(C)C. The summed E-state index contributed by atoms with van der Waals surface area (Å²) in [4.78, 5) is 39.3. The van der Waals surface area contributed by atoms with Gasteiger partial charge in [-0.15, -0.1) is 32.9 Å². The van der Waals surface area contributed by atoms with Gasteiger partial charge in [-0.05, 0) is 134 Å². The van der Waals surface area contributed by atoms with Crippen molar-refractivity contribution in [1.29, 1.82) is 0 Å². The van der Waals surface area contributed by atoms with Crippen molar-refractivity contribution in [1.82, 2.24) is 49.9 Å². The van der Waals surface area contributed by atoms with E-state index in [2.05, 4.69) is 292 Å². The van der Waals surface area contributed by atoms with Gasteiger partial charge in [-0.2, -0.15) is 10.1 Å². The largest absolute Gasteiger partial charge is 0.473 e. The highest BCUT2D eigenvalue weighted by Gasteiger charge is 2.27. The van der Waals surface area contributed by atoms with Crippen LogP contribution in [0.3, 0.4) is 0 Å². The number of aromatic nitrogens is 10. The summed E-state index contributed by atoms with van der Waals surface area (Å²) in [5.41, 5.74) is 12.3. The number of ether oxygens (including phenoxy) is 2. The van der Waals surface area contributed by atoms with Gasteiger partial charge in [0.2, 0.25) is 5.13 Å². The summed E-state index contributed by atoms with van der Waals surface area (Å²) in [6.07, 6.45) is 5.75. The Hall–Kier alpha value is -6.76. The molecule has 0 aliphatic heterocycles. The molecule has 0 aromatic carbocycles. The van der Waals surface area contributed by atoms with Gasteiger partial charge >= 0.3 is 6.09 Å². The molecule has 8 aromatic heterocycles. The number of anilines is 6. The average Bonchev–Trinajstić information content (AvgIpc) is 1.76. The van der Waals surface area contributed by atoms with E-state index in [0.29, 0.717) is 41.8 Å². The van der Waals surface area contributed by atoms with Gasteiger partial charge in [-0.1, -0.05) is 180 Å². The van der Waals surface area contributed by atoms with Crippen molar-refractivity contribution >= 4 is 85.2 Å². The fourth-order valence-corrected chi connectivity index (χ4v) is 11.9. The Morgan fingerprint density at radius 1 is 0.544 bits per heavy atom. The van der Waals surface area contributed by atoms with Crippen LogP contribution in [-0.4, -0.2) is 92.9 Å². The fourth-order valence-electron chi connectivity index (χ4n) is 7.98. The van der Waals surface area contributed by atoms with Crippen LogP contribution in [0, 0.1) is 13.8 Å². The van der Waals surface area contributed by atoms with Crippen LogP contribution >= 0.6 is 45.3 Å². The second-order valence-corrected chi connectivity index (χ2v) is 39.6. The van der Waals surface area contributed by atoms with Gasteiger partial charge in [-0.25, -0.2) is 29.7 Å². The molecular weight excluding hydrogens is 1370 g/mol. The van der Waals surface area contributed by atoms with Gasteiger partial charge < -0.3 is 40.9 Å². The van der Waals surface area contributed by atoms with Crippen molar-refractivity contribution in [2.45, 2.75) is 328 Å². The number of nitrogen functional groups attached to an aromatic ring is 1. The standard InChI is InChI=1S/C14H22N2O2.C11H20N2S.C10H19N3.C10H16N2O.C9H17N3S.C9H14N2.C8H13NOS.C8H13NS/c1-13(2,3)10-8-7-9-11(15-10)16-12(17)18-14(4,5)6;1-7(2)12-10-13-9(8(3)14-10)11(4,5)6;1-8(2)11-9-6-7-13(12-9)10(3,4)5;1-10(2,3)8-6-13-9(12-8)11-7-4-5-7;1-6(2)10-8-12-11-7(13-8)9(3,4)5;1-9(2,3)7-5-4-6-8(10)11-7;1-8(2,3)6-5-11-7(9-6)10-4;1-6-5-10-7(9-6)8(2,3)4/h7-9H,1-6H3,(H,15,16,17);7H,1-6H3,(H,12,13);6-8H,1-5H3,(H,11,12);6-7H,4-5H2,1-3H3,(H,11,12);6H,1-5H3,(H,10,12);4-6H,1-3H3,(H2,10,11);5H,1-4H3;5H,1-4H3. The zero-order chi connectivity index (χ0) is 79.2. The van der Waals surface area contributed by atoms with Crippen LogP contribution < -0.4 is 37.1 Å². The van der Waals surface area contributed by atoms with Crippen molar-refractivity contribution in [3.63, 3.8) is 0 Å². The number of nitrogens with two attached hydrogens (primary N) is 1. The summed E-state index contributed by atoms with van der Waals surface area (Å²) < 4.78 is 17.5. The maximum atomic E-state index is 11.6. The first-order valence-corrected chi connectivity index (χ1v) is 39.2. The van der Waals surface area contributed by atoms with Crippen LogP contribution in [0.25, 0.3) is 0 Å². The molecule has 1 amide bonds. The van der Waals surface area contributed by atoms with Crippen molar-refractivity contribution in [2.75, 3.05) is 39.4 Å². The molecule has 24 heteroatoms. The maximum Gasteiger partial charge on any atom is 0.413 e. The zero-order valence-corrected chi connectivity index (χ0v) is 73.2. The predicted molar refractivity (Wildman–Crippen MR) is 443 cm³/mol. The number of nitrogens with zero attached hydrogens (tertiary/aromatic N) is 10. The molecule has 0 radical (unpaired) electrons. The van der Waals surface area contributed by atoms with Crippen molar-refractivity contribution in [3.05, 3.63) is 115 Å². The maximum absolute atomic E-state index is 11.6. The van der Waals surface area contributed by atoms with Crippen LogP contribution in [0.1, 0.15) is 290 Å². The van der Waals surface area contributed by atoms with E-state index in [1.165, 1.54) is 28.4 Å². The van der Waals surface area contributed by atoms with Crippen LogP contribution in [0.5, 0.6) is 5.19 Å². The van der Waals surface area contributed by atoms with E-state index in [4.69, 9.17) is 19.6 Å². The average molecular weight is 1500 g/mol. The molecule has 0 atom stereocenters. The molecule has 7 N–H and O–H groups in total. The lowest BCUT2D eigenvalue weighted by molar-refractivity contribution is 0.0635. The van der Waals surface area contributed by atoms with Crippen molar-refractivity contribution in [3.8, 4) is 5.19 Å². The Balaban J connectivity index is 0.000000402. The minimum absolute atomic E-state index is 0.0500. The molecule has 1 saturated carbocycles. The zero-order valence-electron chi connectivity index (χ0n) is 69.9. The minimum Gasteiger partial charge on any atom is -0.473 e. The third-order valence-electron chi connectivity index (χ3n) is 13.7. The van der Waals surface area contributed by atoms with E-state index in [-0.39, 0.29) is 43.4 Å². The van der Waals surface area contributed by atoms with E-state index in [9.17, 15) is 4.79 Å². The second-order valence-electron chi connectivity index (χ2n) is 35.7. The first kappa shape index (κ1) is 92.3.